The Balaban J connectivity index is 4.02. The zero-order valence-electron chi connectivity index (χ0n) is 12.9. The van der Waals surface area contributed by atoms with E-state index in [0.717, 1.165) is 13.0 Å². The van der Waals surface area contributed by atoms with E-state index >= 15 is 0 Å². The van der Waals surface area contributed by atoms with Gasteiger partial charge in [0.2, 0.25) is 5.91 Å². The third kappa shape index (κ3) is 8.59. The van der Waals surface area contributed by atoms with Crippen molar-refractivity contribution in [2.75, 3.05) is 13.6 Å². The summed E-state index contributed by atoms with van der Waals surface area (Å²) in [5.41, 5.74) is 0.163. The van der Waals surface area contributed by atoms with Crippen LogP contribution in [-0.4, -0.2) is 31.6 Å². The lowest BCUT2D eigenvalue weighted by molar-refractivity contribution is -0.121. The number of unbranched alkanes of at least 4 members (excludes halogenated alkanes) is 2. The van der Waals surface area contributed by atoms with E-state index in [1.54, 1.807) is 6.92 Å². The van der Waals surface area contributed by atoms with Crippen molar-refractivity contribution in [3.05, 3.63) is 0 Å². The molecule has 0 aliphatic carbocycles. The topological polar surface area (TPSA) is 70.2 Å². The first-order valence-electron chi connectivity index (χ1n) is 7.08. The van der Waals surface area contributed by atoms with Crippen LogP contribution in [0.25, 0.3) is 0 Å². The molecule has 0 saturated heterocycles. The van der Waals surface area contributed by atoms with Gasteiger partial charge in [-0.2, -0.15) is 0 Å². The Kier molecular flexibility index (Phi) is 8.39. The number of nitrogens with one attached hydrogen (secondary N) is 3. The molecule has 0 heterocycles. The number of rotatable bonds is 8. The molecule has 0 aromatic rings. The van der Waals surface area contributed by atoms with Crippen molar-refractivity contribution in [2.24, 2.45) is 5.41 Å². The third-order valence-electron chi connectivity index (χ3n) is 3.20. The van der Waals surface area contributed by atoms with E-state index in [-0.39, 0.29) is 17.4 Å². The highest BCUT2D eigenvalue weighted by Gasteiger charge is 2.21. The minimum atomic E-state index is -0.471. The first-order chi connectivity index (χ1) is 8.82. The molecule has 3 amide bonds. The molecule has 3 N–H and O–H groups in total. The van der Waals surface area contributed by atoms with Crippen molar-refractivity contribution in [2.45, 2.75) is 59.4 Å². The quantitative estimate of drug-likeness (QED) is 0.592. The van der Waals surface area contributed by atoms with Gasteiger partial charge in [-0.25, -0.2) is 4.79 Å². The minimum absolute atomic E-state index is 0.163. The molecule has 5 nitrogen and oxygen atoms in total. The Morgan fingerprint density at radius 1 is 1.21 bits per heavy atom. The summed E-state index contributed by atoms with van der Waals surface area (Å²) in [6.07, 6.45) is 4.81. The van der Waals surface area contributed by atoms with Crippen molar-refractivity contribution in [1.82, 2.24) is 16.0 Å². The molecule has 5 heteroatoms. The maximum atomic E-state index is 11.7. The number of imide groups is 1. The van der Waals surface area contributed by atoms with E-state index in [0.29, 0.717) is 0 Å². The molecule has 0 fully saturated rings. The lowest BCUT2D eigenvalue weighted by Gasteiger charge is -2.26. The van der Waals surface area contributed by atoms with Crippen LogP contribution >= 0.6 is 0 Å². The van der Waals surface area contributed by atoms with Gasteiger partial charge >= 0.3 is 6.03 Å². The van der Waals surface area contributed by atoms with Gasteiger partial charge in [0.05, 0.1) is 6.04 Å². The zero-order chi connectivity index (χ0) is 14.9. The molecule has 0 spiro atoms. The number of carbonyl (C=O) groups excluding carboxylic acids is 2. The minimum Gasteiger partial charge on any atom is -0.341 e. The van der Waals surface area contributed by atoms with Crippen LogP contribution in [0.2, 0.25) is 0 Å². The highest BCUT2D eigenvalue weighted by Crippen LogP contribution is 2.22. The second-order valence-electron chi connectivity index (χ2n) is 5.79. The number of amides is 3. The first kappa shape index (κ1) is 17.9. The summed E-state index contributed by atoms with van der Waals surface area (Å²) < 4.78 is 0. The van der Waals surface area contributed by atoms with E-state index in [1.807, 2.05) is 0 Å². The fourth-order valence-electron chi connectivity index (χ4n) is 1.75. The van der Waals surface area contributed by atoms with Gasteiger partial charge in [-0.05, 0) is 18.8 Å². The Morgan fingerprint density at radius 3 is 2.37 bits per heavy atom. The van der Waals surface area contributed by atoms with Gasteiger partial charge in [-0.3, -0.25) is 10.1 Å². The van der Waals surface area contributed by atoms with Crippen molar-refractivity contribution in [3.8, 4) is 0 Å². The second-order valence-corrected chi connectivity index (χ2v) is 5.79. The monoisotopic (exact) mass is 271 g/mol. The molecule has 0 aromatic carbocycles. The summed E-state index contributed by atoms with van der Waals surface area (Å²) in [6.45, 7) is 9.11. The number of urea groups is 1. The zero-order valence-corrected chi connectivity index (χ0v) is 12.9. The van der Waals surface area contributed by atoms with Crippen molar-refractivity contribution >= 4 is 11.9 Å². The van der Waals surface area contributed by atoms with E-state index in [1.165, 1.54) is 26.3 Å². The third-order valence-corrected chi connectivity index (χ3v) is 3.20. The van der Waals surface area contributed by atoms with Gasteiger partial charge in [0.1, 0.15) is 0 Å². The van der Waals surface area contributed by atoms with Crippen LogP contribution in [0.5, 0.6) is 0 Å². The average molecular weight is 271 g/mol. The lowest BCUT2D eigenvalue weighted by Crippen LogP contribution is -2.49. The molecular formula is C14H29N3O2. The van der Waals surface area contributed by atoms with E-state index in [2.05, 4.69) is 36.7 Å². The van der Waals surface area contributed by atoms with Gasteiger partial charge in [0, 0.05) is 13.6 Å². The van der Waals surface area contributed by atoms with E-state index in [9.17, 15) is 9.59 Å². The van der Waals surface area contributed by atoms with Crippen molar-refractivity contribution in [3.63, 3.8) is 0 Å². The fraction of sp³-hybridized carbons (Fsp3) is 0.857. The molecule has 0 bridgehead atoms. The van der Waals surface area contributed by atoms with Crippen LogP contribution in [0.1, 0.15) is 53.4 Å². The van der Waals surface area contributed by atoms with Gasteiger partial charge in [-0.1, -0.05) is 40.0 Å². The molecule has 0 aromatic heterocycles. The molecule has 0 aliphatic rings. The highest BCUT2D eigenvalue weighted by atomic mass is 16.2. The predicted octanol–water partition coefficient (Wildman–Crippen LogP) is 2.03. The largest absolute Gasteiger partial charge is 0.341 e. The number of carbonyl (C=O) groups is 2. The van der Waals surface area contributed by atoms with Crippen LogP contribution in [0.15, 0.2) is 0 Å². The maximum absolute atomic E-state index is 11.7. The molecule has 0 saturated carbocycles. The van der Waals surface area contributed by atoms with Crippen LogP contribution in [-0.2, 0) is 4.79 Å². The lowest BCUT2D eigenvalue weighted by atomic mass is 9.86. The van der Waals surface area contributed by atoms with Crippen LogP contribution in [0.3, 0.4) is 0 Å². The van der Waals surface area contributed by atoms with Gasteiger partial charge < -0.3 is 10.6 Å². The molecule has 1 atom stereocenters. The van der Waals surface area contributed by atoms with E-state index in [4.69, 9.17) is 0 Å². The average Bonchev–Trinajstić information content (AvgIpc) is 2.35. The van der Waals surface area contributed by atoms with E-state index < -0.39 is 6.03 Å². The summed E-state index contributed by atoms with van der Waals surface area (Å²) in [5, 5.41) is 7.81. The van der Waals surface area contributed by atoms with Crippen molar-refractivity contribution < 1.29 is 9.59 Å². The summed E-state index contributed by atoms with van der Waals surface area (Å²) >= 11 is 0. The van der Waals surface area contributed by atoms with Gasteiger partial charge in [-0.15, -0.1) is 0 Å². The molecule has 1 unspecified atom stereocenters. The normalized spacial score (nSPS) is 12.9. The SMILES string of the molecule is CCCCCC(C)(C)CNC(C)C(=O)NC(=O)NC. The Labute approximate surface area is 116 Å². The van der Waals surface area contributed by atoms with Crippen LogP contribution in [0, 0.1) is 5.41 Å². The predicted molar refractivity (Wildman–Crippen MR) is 78.0 cm³/mol. The summed E-state index contributed by atoms with van der Waals surface area (Å²) in [4.78, 5) is 22.7. The summed E-state index contributed by atoms with van der Waals surface area (Å²) in [6, 6.07) is -0.844. The van der Waals surface area contributed by atoms with Gasteiger partial charge in [0.25, 0.3) is 0 Å². The molecule has 19 heavy (non-hydrogen) atoms. The Hall–Kier alpha value is -1.10. The summed E-state index contributed by atoms with van der Waals surface area (Å²) in [5.74, 6) is -0.302. The van der Waals surface area contributed by atoms with Crippen molar-refractivity contribution in [1.29, 1.82) is 0 Å². The Bertz CT molecular complexity index is 290. The molecular weight excluding hydrogens is 242 g/mol. The van der Waals surface area contributed by atoms with Crippen LogP contribution < -0.4 is 16.0 Å². The van der Waals surface area contributed by atoms with Gasteiger partial charge in [0.15, 0.2) is 0 Å². The Morgan fingerprint density at radius 2 is 1.84 bits per heavy atom. The molecule has 112 valence electrons. The standard InChI is InChI=1S/C14H29N3O2/c1-6-7-8-9-14(3,4)10-16-11(2)12(18)17-13(19)15-5/h11,16H,6-10H2,1-5H3,(H2,15,17,18,19). The smallest absolute Gasteiger partial charge is 0.321 e. The first-order valence-corrected chi connectivity index (χ1v) is 7.08. The second kappa shape index (κ2) is 8.91. The molecule has 0 radical (unpaired) electrons. The number of hydrogen-bond donors (Lipinski definition) is 3. The molecule has 0 aliphatic heterocycles. The maximum Gasteiger partial charge on any atom is 0.321 e. The highest BCUT2D eigenvalue weighted by molar-refractivity contribution is 5.96. The molecule has 0 rings (SSSR count). The fourth-order valence-corrected chi connectivity index (χ4v) is 1.75. The summed E-state index contributed by atoms with van der Waals surface area (Å²) in [7, 11) is 1.48. The number of hydrogen-bond acceptors (Lipinski definition) is 3. The van der Waals surface area contributed by atoms with Crippen LogP contribution in [0.4, 0.5) is 4.79 Å².